The summed E-state index contributed by atoms with van der Waals surface area (Å²) < 4.78 is 22.8. The molecule has 8 heteroatoms. The first kappa shape index (κ1) is 22.2. The number of rotatable bonds is 5. The van der Waals surface area contributed by atoms with E-state index in [9.17, 15) is 10.1 Å². The van der Waals surface area contributed by atoms with Crippen LogP contribution in [0.1, 0.15) is 27.4 Å². The molecule has 4 rings (SSSR count). The summed E-state index contributed by atoms with van der Waals surface area (Å²) in [4.78, 5) is 12.6. The second-order valence-corrected chi connectivity index (χ2v) is 7.96. The third-order valence-corrected chi connectivity index (χ3v) is 5.93. The van der Waals surface area contributed by atoms with Crippen LogP contribution in [0.25, 0.3) is 0 Å². The number of esters is 1. The summed E-state index contributed by atoms with van der Waals surface area (Å²) in [7, 11) is 3.11. The molecule has 1 heterocycles. The van der Waals surface area contributed by atoms with E-state index in [0.717, 1.165) is 0 Å². The van der Waals surface area contributed by atoms with Crippen molar-refractivity contribution in [3.8, 4) is 29.1 Å². The van der Waals surface area contributed by atoms with Crippen LogP contribution in [0.2, 0.25) is 0 Å². The third kappa shape index (κ3) is 4.23. The maximum Gasteiger partial charge on any atom is 0.344 e. The minimum Gasteiger partial charge on any atom is -0.497 e. The fourth-order valence-corrected chi connectivity index (χ4v) is 4.12. The Balaban J connectivity index is 1.76. The maximum absolute atomic E-state index is 12.6. The number of hydrogen-bond acceptors (Lipinski definition) is 7. The van der Waals surface area contributed by atoms with E-state index in [-0.39, 0.29) is 17.2 Å². The Bertz CT molecular complexity index is 1310. The zero-order chi connectivity index (χ0) is 23.5. The molecule has 0 amide bonds. The van der Waals surface area contributed by atoms with Crippen LogP contribution in [0, 0.1) is 11.3 Å². The molecule has 0 bridgehead atoms. The standard InChI is InChI=1S/C25H19BrN2O5/c1-30-14-8-10-21(31-2)18(11-14)23-17-9-7-15(12-22(17)33-24(28)19(23)13-27)32-25(29)16-5-3-4-6-20(16)26/h3-12,23H,28H2,1-2H3. The summed E-state index contributed by atoms with van der Waals surface area (Å²) in [5.41, 5.74) is 8.11. The van der Waals surface area contributed by atoms with Gasteiger partial charge in [0, 0.05) is 21.7 Å². The van der Waals surface area contributed by atoms with Gasteiger partial charge in [0.1, 0.15) is 34.6 Å². The first-order chi connectivity index (χ1) is 16.0. The van der Waals surface area contributed by atoms with Crippen LogP contribution >= 0.6 is 15.9 Å². The first-order valence-corrected chi connectivity index (χ1v) is 10.7. The maximum atomic E-state index is 12.6. The highest BCUT2D eigenvalue weighted by atomic mass is 79.9. The van der Waals surface area contributed by atoms with Crippen LogP contribution in [-0.2, 0) is 0 Å². The first-order valence-electron chi connectivity index (χ1n) is 9.87. The third-order valence-electron chi connectivity index (χ3n) is 5.24. The van der Waals surface area contributed by atoms with Gasteiger partial charge in [0.05, 0.1) is 25.7 Å². The summed E-state index contributed by atoms with van der Waals surface area (Å²) in [6.07, 6.45) is 0. The molecule has 0 saturated heterocycles. The van der Waals surface area contributed by atoms with Gasteiger partial charge < -0.3 is 24.7 Å². The van der Waals surface area contributed by atoms with Gasteiger partial charge in [-0.15, -0.1) is 0 Å². The zero-order valence-corrected chi connectivity index (χ0v) is 19.4. The quantitative estimate of drug-likeness (QED) is 0.387. The number of hydrogen-bond donors (Lipinski definition) is 1. The highest BCUT2D eigenvalue weighted by molar-refractivity contribution is 9.10. The minimum atomic E-state index is -0.559. The van der Waals surface area contributed by atoms with Crippen molar-refractivity contribution >= 4 is 21.9 Å². The number of ether oxygens (including phenoxy) is 4. The topological polar surface area (TPSA) is 104 Å². The molecule has 166 valence electrons. The predicted molar refractivity (Wildman–Crippen MR) is 124 cm³/mol. The molecule has 0 spiro atoms. The molecular formula is C25H19BrN2O5. The van der Waals surface area contributed by atoms with Gasteiger partial charge in [0.15, 0.2) is 0 Å². The fraction of sp³-hybridized carbons (Fsp3) is 0.120. The lowest BCUT2D eigenvalue weighted by Crippen LogP contribution is -2.21. The van der Waals surface area contributed by atoms with Crippen LogP contribution < -0.4 is 24.7 Å². The molecule has 7 nitrogen and oxygen atoms in total. The summed E-state index contributed by atoms with van der Waals surface area (Å²) in [6.45, 7) is 0. The Hall–Kier alpha value is -3.96. The predicted octanol–water partition coefficient (Wildman–Crippen LogP) is 4.90. The van der Waals surface area contributed by atoms with E-state index in [1.807, 2.05) is 6.07 Å². The molecule has 1 aliphatic heterocycles. The Morgan fingerprint density at radius 2 is 1.79 bits per heavy atom. The average Bonchev–Trinajstić information content (AvgIpc) is 2.82. The number of carbonyl (C=O) groups excluding carboxylic acids is 1. The highest BCUT2D eigenvalue weighted by Crippen LogP contribution is 2.46. The van der Waals surface area contributed by atoms with E-state index >= 15 is 0 Å². The van der Waals surface area contributed by atoms with Crippen molar-refractivity contribution in [2.24, 2.45) is 5.73 Å². The van der Waals surface area contributed by atoms with Gasteiger partial charge in [-0.1, -0.05) is 18.2 Å². The van der Waals surface area contributed by atoms with Crippen molar-refractivity contribution in [2.45, 2.75) is 5.92 Å². The second kappa shape index (κ2) is 9.27. The lowest BCUT2D eigenvalue weighted by molar-refractivity contribution is 0.0733. The fourth-order valence-electron chi connectivity index (χ4n) is 3.67. The summed E-state index contributed by atoms with van der Waals surface area (Å²) in [5, 5.41) is 9.82. The number of methoxy groups -OCH3 is 2. The molecule has 33 heavy (non-hydrogen) atoms. The average molecular weight is 507 g/mol. The van der Waals surface area contributed by atoms with Crippen LogP contribution in [0.4, 0.5) is 0 Å². The summed E-state index contributed by atoms with van der Waals surface area (Å²) >= 11 is 3.35. The Labute approximate surface area is 199 Å². The molecule has 2 N–H and O–H groups in total. The highest BCUT2D eigenvalue weighted by Gasteiger charge is 2.33. The van der Waals surface area contributed by atoms with E-state index < -0.39 is 11.9 Å². The Morgan fingerprint density at radius 1 is 1.03 bits per heavy atom. The smallest absolute Gasteiger partial charge is 0.344 e. The van der Waals surface area contributed by atoms with Gasteiger partial charge in [-0.3, -0.25) is 0 Å². The van der Waals surface area contributed by atoms with Crippen molar-refractivity contribution in [2.75, 3.05) is 14.2 Å². The minimum absolute atomic E-state index is 0.0332. The van der Waals surface area contributed by atoms with E-state index in [1.165, 1.54) is 0 Å². The molecule has 0 aromatic heterocycles. The van der Waals surface area contributed by atoms with E-state index in [2.05, 4.69) is 22.0 Å². The number of allylic oxidation sites excluding steroid dienone is 1. The van der Waals surface area contributed by atoms with Gasteiger partial charge in [0.2, 0.25) is 5.88 Å². The van der Waals surface area contributed by atoms with Crippen LogP contribution in [-0.4, -0.2) is 20.2 Å². The van der Waals surface area contributed by atoms with Crippen LogP contribution in [0.5, 0.6) is 23.0 Å². The second-order valence-electron chi connectivity index (χ2n) is 7.10. The molecule has 0 fully saturated rings. The van der Waals surface area contributed by atoms with E-state index in [0.29, 0.717) is 38.4 Å². The lowest BCUT2D eigenvalue weighted by atomic mass is 9.83. The zero-order valence-electron chi connectivity index (χ0n) is 17.8. The molecular weight excluding hydrogens is 488 g/mol. The van der Waals surface area contributed by atoms with Crippen LogP contribution in [0.3, 0.4) is 0 Å². The number of fused-ring (bicyclic) bond motifs is 1. The number of carbonyl (C=O) groups is 1. The molecule has 1 unspecified atom stereocenters. The Morgan fingerprint density at radius 3 is 2.48 bits per heavy atom. The number of nitrogens with two attached hydrogens (primary N) is 1. The van der Waals surface area contributed by atoms with E-state index in [1.54, 1.807) is 68.8 Å². The van der Waals surface area contributed by atoms with Crippen molar-refractivity contribution in [1.82, 2.24) is 0 Å². The molecule has 0 saturated carbocycles. The summed E-state index contributed by atoms with van der Waals surface area (Å²) in [5.74, 6) is 0.710. The molecule has 1 aliphatic rings. The molecule has 0 aliphatic carbocycles. The summed E-state index contributed by atoms with van der Waals surface area (Å²) in [6, 6.07) is 19.4. The Kier molecular flexibility index (Phi) is 6.24. The molecule has 0 radical (unpaired) electrons. The normalized spacial score (nSPS) is 14.5. The molecule has 3 aromatic rings. The number of nitrogens with zero attached hydrogens (tertiary/aromatic N) is 1. The van der Waals surface area contributed by atoms with Gasteiger partial charge >= 0.3 is 5.97 Å². The molecule has 1 atom stereocenters. The largest absolute Gasteiger partial charge is 0.497 e. The van der Waals surface area contributed by atoms with Crippen molar-refractivity contribution in [3.63, 3.8) is 0 Å². The van der Waals surface area contributed by atoms with Crippen molar-refractivity contribution < 1.29 is 23.7 Å². The van der Waals surface area contributed by atoms with Gasteiger partial charge in [0.25, 0.3) is 0 Å². The number of nitriles is 1. The number of benzene rings is 3. The van der Waals surface area contributed by atoms with Crippen LogP contribution in [0.15, 0.2) is 76.6 Å². The van der Waals surface area contributed by atoms with Crippen molar-refractivity contribution in [3.05, 3.63) is 93.3 Å². The van der Waals surface area contributed by atoms with E-state index in [4.69, 9.17) is 24.7 Å². The van der Waals surface area contributed by atoms with Gasteiger partial charge in [-0.25, -0.2) is 4.79 Å². The van der Waals surface area contributed by atoms with Crippen molar-refractivity contribution in [1.29, 1.82) is 5.26 Å². The van der Waals surface area contributed by atoms with Gasteiger partial charge in [-0.2, -0.15) is 5.26 Å². The molecule has 3 aromatic carbocycles. The van der Waals surface area contributed by atoms with Gasteiger partial charge in [-0.05, 0) is 52.3 Å². The lowest BCUT2D eigenvalue weighted by Gasteiger charge is -2.28. The SMILES string of the molecule is COc1ccc(OC)c(C2C(C#N)=C(N)Oc3cc(OC(=O)c4ccccc4Br)ccc32)c1. The number of halogens is 1. The monoisotopic (exact) mass is 506 g/mol.